The first kappa shape index (κ1) is 15.1. The number of aliphatic imine (C=N–C) groups is 1. The summed E-state index contributed by atoms with van der Waals surface area (Å²) < 4.78 is 0. The normalized spacial score (nSPS) is 10.8. The fourth-order valence-electron chi connectivity index (χ4n) is 1.80. The molecule has 0 aromatic heterocycles. The second-order valence-corrected chi connectivity index (χ2v) is 4.49. The van der Waals surface area contributed by atoms with E-state index in [1.165, 1.54) is 42.6 Å². The summed E-state index contributed by atoms with van der Waals surface area (Å²) in [6, 6.07) is 7.75. The second-order valence-electron chi connectivity index (χ2n) is 4.49. The van der Waals surface area contributed by atoms with Gasteiger partial charge in [0.15, 0.2) is 0 Å². The molecule has 0 aliphatic heterocycles. The minimum absolute atomic E-state index is 0.0466. The number of nitro benzene ring substituents is 2. The maximum absolute atomic E-state index is 10.7. The van der Waals surface area contributed by atoms with Gasteiger partial charge in [0.05, 0.1) is 15.5 Å². The van der Waals surface area contributed by atoms with Gasteiger partial charge in [0.2, 0.25) is 0 Å². The number of aryl methyl sites for hydroxylation is 1. The van der Waals surface area contributed by atoms with Crippen LogP contribution >= 0.6 is 0 Å². The van der Waals surface area contributed by atoms with Gasteiger partial charge in [0, 0.05) is 36.0 Å². The lowest BCUT2D eigenvalue weighted by Gasteiger charge is -2.01. The quantitative estimate of drug-likeness (QED) is 0.528. The number of phenols is 1. The molecule has 1 N–H and O–H groups in total. The van der Waals surface area contributed by atoms with E-state index < -0.39 is 9.85 Å². The highest BCUT2D eigenvalue weighted by Gasteiger charge is 2.10. The molecule has 0 spiro atoms. The molecular weight excluding hydrogens is 290 g/mol. The number of hydrogen-bond acceptors (Lipinski definition) is 6. The first-order valence-corrected chi connectivity index (χ1v) is 6.15. The third-order valence-electron chi connectivity index (χ3n) is 2.96. The van der Waals surface area contributed by atoms with Gasteiger partial charge in [-0.05, 0) is 24.6 Å². The number of rotatable bonds is 4. The molecule has 0 amide bonds. The van der Waals surface area contributed by atoms with Crippen molar-refractivity contribution >= 4 is 23.3 Å². The van der Waals surface area contributed by atoms with Gasteiger partial charge in [-0.15, -0.1) is 0 Å². The zero-order chi connectivity index (χ0) is 16.3. The highest BCUT2D eigenvalue weighted by atomic mass is 16.6. The molecule has 112 valence electrons. The minimum atomic E-state index is -0.575. The summed E-state index contributed by atoms with van der Waals surface area (Å²) in [7, 11) is 0. The second kappa shape index (κ2) is 6.00. The van der Waals surface area contributed by atoms with E-state index in [2.05, 4.69) is 4.99 Å². The number of phenolic OH excluding ortho intramolecular Hbond substituents is 1. The van der Waals surface area contributed by atoms with Gasteiger partial charge >= 0.3 is 0 Å². The average Bonchev–Trinajstić information content (AvgIpc) is 2.47. The van der Waals surface area contributed by atoms with Crippen LogP contribution in [0, 0.1) is 27.2 Å². The molecule has 0 radical (unpaired) electrons. The number of non-ortho nitro benzene ring substituents is 2. The van der Waals surface area contributed by atoms with Gasteiger partial charge in [-0.3, -0.25) is 25.2 Å². The SMILES string of the molecule is Cc1cc([N+](=O)[O-])ccc1N=Cc1cc([N+](=O)[O-])ccc1O. The molecular formula is C14H11N3O5. The summed E-state index contributed by atoms with van der Waals surface area (Å²) >= 11 is 0. The van der Waals surface area contributed by atoms with Crippen molar-refractivity contribution < 1.29 is 15.0 Å². The predicted octanol–water partition coefficient (Wildman–Crippen LogP) is 3.27. The van der Waals surface area contributed by atoms with E-state index in [0.29, 0.717) is 11.3 Å². The number of nitrogens with zero attached hydrogens (tertiary/aromatic N) is 3. The summed E-state index contributed by atoms with van der Waals surface area (Å²) in [5.41, 5.74) is 1.02. The lowest BCUT2D eigenvalue weighted by Crippen LogP contribution is -1.91. The summed E-state index contributed by atoms with van der Waals surface area (Å²) in [5, 5.41) is 31.0. The molecule has 2 aromatic rings. The molecule has 0 heterocycles. The van der Waals surface area contributed by atoms with Crippen molar-refractivity contribution in [3.63, 3.8) is 0 Å². The van der Waals surface area contributed by atoms with Crippen LogP contribution in [0.1, 0.15) is 11.1 Å². The van der Waals surface area contributed by atoms with Crippen molar-refractivity contribution in [3.8, 4) is 5.75 Å². The Bertz CT molecular complexity index is 786. The summed E-state index contributed by atoms with van der Waals surface area (Å²) in [6.07, 6.45) is 1.27. The van der Waals surface area contributed by atoms with Gasteiger partial charge in [-0.1, -0.05) is 0 Å². The van der Waals surface area contributed by atoms with Crippen LogP contribution < -0.4 is 0 Å². The number of aromatic hydroxyl groups is 1. The first-order valence-electron chi connectivity index (χ1n) is 6.15. The number of hydrogen-bond donors (Lipinski definition) is 1. The van der Waals surface area contributed by atoms with E-state index in [4.69, 9.17) is 0 Å². The lowest BCUT2D eigenvalue weighted by molar-refractivity contribution is -0.385. The maximum atomic E-state index is 10.7. The van der Waals surface area contributed by atoms with Crippen LogP contribution in [-0.2, 0) is 0 Å². The van der Waals surface area contributed by atoms with Crippen LogP contribution in [0.15, 0.2) is 41.4 Å². The average molecular weight is 301 g/mol. The Labute approximate surface area is 124 Å². The molecule has 0 bridgehead atoms. The molecule has 0 atom stereocenters. The van der Waals surface area contributed by atoms with Gasteiger partial charge < -0.3 is 5.11 Å². The van der Waals surface area contributed by atoms with E-state index in [1.807, 2.05) is 0 Å². The van der Waals surface area contributed by atoms with Crippen molar-refractivity contribution in [1.82, 2.24) is 0 Å². The molecule has 0 saturated heterocycles. The molecule has 0 aliphatic carbocycles. The molecule has 22 heavy (non-hydrogen) atoms. The largest absolute Gasteiger partial charge is 0.507 e. The molecule has 8 nitrogen and oxygen atoms in total. The standard InChI is InChI=1S/C14H11N3O5/c1-9-6-11(16(19)20)2-4-13(9)15-8-10-7-12(17(21)22)3-5-14(10)18/h2-8,18H,1H3. The zero-order valence-corrected chi connectivity index (χ0v) is 11.5. The van der Waals surface area contributed by atoms with Gasteiger partial charge in [0.25, 0.3) is 11.4 Å². The van der Waals surface area contributed by atoms with Crippen LogP contribution in [-0.4, -0.2) is 21.2 Å². The highest BCUT2D eigenvalue weighted by molar-refractivity contribution is 5.86. The molecule has 0 saturated carbocycles. The predicted molar refractivity (Wildman–Crippen MR) is 79.8 cm³/mol. The van der Waals surface area contributed by atoms with E-state index in [0.717, 1.165) is 0 Å². The maximum Gasteiger partial charge on any atom is 0.270 e. The molecule has 0 fully saturated rings. The molecule has 0 unspecified atom stereocenters. The Hall–Kier alpha value is -3.29. The molecule has 2 aromatic carbocycles. The van der Waals surface area contributed by atoms with E-state index in [1.54, 1.807) is 6.92 Å². The first-order chi connectivity index (χ1) is 10.4. The smallest absolute Gasteiger partial charge is 0.270 e. The van der Waals surface area contributed by atoms with Crippen molar-refractivity contribution in [3.05, 3.63) is 67.8 Å². The fraction of sp³-hybridized carbons (Fsp3) is 0.0714. The highest BCUT2D eigenvalue weighted by Crippen LogP contribution is 2.25. The van der Waals surface area contributed by atoms with E-state index in [9.17, 15) is 25.3 Å². The van der Waals surface area contributed by atoms with E-state index in [-0.39, 0.29) is 22.7 Å². The van der Waals surface area contributed by atoms with Gasteiger partial charge in [-0.25, -0.2) is 0 Å². The summed E-state index contributed by atoms with van der Waals surface area (Å²) in [5.74, 6) is -0.145. The monoisotopic (exact) mass is 301 g/mol. The van der Waals surface area contributed by atoms with Crippen molar-refractivity contribution in [2.24, 2.45) is 4.99 Å². The van der Waals surface area contributed by atoms with Gasteiger partial charge in [0.1, 0.15) is 5.75 Å². The van der Waals surface area contributed by atoms with Crippen LogP contribution in [0.4, 0.5) is 17.1 Å². The number of benzene rings is 2. The van der Waals surface area contributed by atoms with E-state index >= 15 is 0 Å². The molecule has 0 aliphatic rings. The van der Waals surface area contributed by atoms with Crippen molar-refractivity contribution in [1.29, 1.82) is 0 Å². The Balaban J connectivity index is 2.34. The lowest BCUT2D eigenvalue weighted by atomic mass is 10.1. The van der Waals surface area contributed by atoms with Crippen molar-refractivity contribution in [2.75, 3.05) is 0 Å². The Morgan fingerprint density at radius 1 is 1.05 bits per heavy atom. The summed E-state index contributed by atoms with van der Waals surface area (Å²) in [4.78, 5) is 24.4. The molecule has 2 rings (SSSR count). The van der Waals surface area contributed by atoms with Crippen LogP contribution in [0.25, 0.3) is 0 Å². The Morgan fingerprint density at radius 3 is 2.23 bits per heavy atom. The number of nitro groups is 2. The van der Waals surface area contributed by atoms with Crippen LogP contribution in [0.5, 0.6) is 5.75 Å². The molecule has 8 heteroatoms. The Kier molecular flexibility index (Phi) is 4.12. The van der Waals surface area contributed by atoms with Crippen LogP contribution in [0.2, 0.25) is 0 Å². The third-order valence-corrected chi connectivity index (χ3v) is 2.96. The summed E-state index contributed by atoms with van der Waals surface area (Å²) in [6.45, 7) is 1.66. The van der Waals surface area contributed by atoms with Crippen molar-refractivity contribution in [2.45, 2.75) is 6.92 Å². The third kappa shape index (κ3) is 3.23. The minimum Gasteiger partial charge on any atom is -0.507 e. The van der Waals surface area contributed by atoms with Crippen LogP contribution in [0.3, 0.4) is 0 Å². The zero-order valence-electron chi connectivity index (χ0n) is 11.5. The Morgan fingerprint density at radius 2 is 1.64 bits per heavy atom. The van der Waals surface area contributed by atoms with Gasteiger partial charge in [-0.2, -0.15) is 0 Å². The fourth-order valence-corrected chi connectivity index (χ4v) is 1.80. The topological polar surface area (TPSA) is 119 Å².